The van der Waals surface area contributed by atoms with E-state index in [1.807, 2.05) is 0 Å². The van der Waals surface area contributed by atoms with Gasteiger partial charge < -0.3 is 19.9 Å². The van der Waals surface area contributed by atoms with E-state index in [0.29, 0.717) is 24.0 Å². The van der Waals surface area contributed by atoms with Crippen LogP contribution in [0.5, 0.6) is 5.75 Å². The smallest absolute Gasteiger partial charge is 0.450 e. The van der Waals surface area contributed by atoms with Gasteiger partial charge in [0.1, 0.15) is 5.75 Å². The number of nitrogens with two attached hydrogens (primary N) is 1. The summed E-state index contributed by atoms with van der Waals surface area (Å²) in [5.41, 5.74) is 4.54. The number of carbonyl (C=O) groups excluding carboxylic acids is 2. The molecule has 0 saturated carbocycles. The molecule has 0 aliphatic rings. The van der Waals surface area contributed by atoms with Gasteiger partial charge in [0.15, 0.2) is 0 Å². The summed E-state index contributed by atoms with van der Waals surface area (Å²) in [6.07, 6.45) is -1.41. The highest BCUT2D eigenvalue weighted by Crippen LogP contribution is 2.15. The molecule has 1 rings (SSSR count). The molecule has 0 atom stereocenters. The first-order chi connectivity index (χ1) is 8.99. The maximum atomic E-state index is 10.8. The molecule has 0 aromatic heterocycles. The lowest BCUT2D eigenvalue weighted by Crippen LogP contribution is -2.11. The molecule has 1 aromatic rings. The maximum Gasteiger partial charge on any atom is 0.513 e. The number of rotatable bonds is 3. The van der Waals surface area contributed by atoms with Crippen molar-refractivity contribution in [2.45, 2.75) is 13.8 Å². The summed E-state index contributed by atoms with van der Waals surface area (Å²) in [5, 5.41) is 0.594. The van der Waals surface area contributed by atoms with Crippen LogP contribution in [0.15, 0.2) is 24.3 Å². The van der Waals surface area contributed by atoms with Crippen molar-refractivity contribution in [3.63, 3.8) is 0 Å². The molecule has 7 heteroatoms. The Morgan fingerprint density at radius 2 is 1.63 bits per heavy atom. The monoisotopic (exact) mass is 289 g/mol. The second kappa shape index (κ2) is 10.0. The van der Waals surface area contributed by atoms with Crippen molar-refractivity contribution in [2.24, 2.45) is 5.73 Å². The molecule has 0 aliphatic carbocycles. The van der Waals surface area contributed by atoms with Gasteiger partial charge in [0.25, 0.3) is 0 Å². The number of amides is 1. The Balaban J connectivity index is 0.000000459. The number of primary amides is 1. The van der Waals surface area contributed by atoms with Crippen LogP contribution in [-0.2, 0) is 9.47 Å². The highest BCUT2D eigenvalue weighted by Gasteiger charge is 2.03. The Bertz CT molecular complexity index is 394. The van der Waals surface area contributed by atoms with Crippen molar-refractivity contribution in [2.75, 3.05) is 13.2 Å². The van der Waals surface area contributed by atoms with Crippen LogP contribution < -0.4 is 10.5 Å². The van der Waals surface area contributed by atoms with Gasteiger partial charge in [0.2, 0.25) is 0 Å². The van der Waals surface area contributed by atoms with E-state index in [0.717, 1.165) is 0 Å². The molecule has 106 valence electrons. The summed E-state index contributed by atoms with van der Waals surface area (Å²) in [5.74, 6) is 0.419. The quantitative estimate of drug-likeness (QED) is 0.682. The van der Waals surface area contributed by atoms with Gasteiger partial charge in [-0.2, -0.15) is 0 Å². The summed E-state index contributed by atoms with van der Waals surface area (Å²) in [4.78, 5) is 20.4. The third-order valence-corrected chi connectivity index (χ3v) is 1.82. The molecule has 0 bridgehead atoms. The van der Waals surface area contributed by atoms with Crippen LogP contribution in [-0.4, -0.2) is 25.5 Å². The predicted molar refractivity (Wildman–Crippen MR) is 70.3 cm³/mol. The van der Waals surface area contributed by atoms with E-state index in [9.17, 15) is 9.59 Å². The molecular formula is C12H16ClNO5. The molecule has 2 N–H and O–H groups in total. The lowest BCUT2D eigenvalue weighted by molar-refractivity contribution is 0.104. The van der Waals surface area contributed by atoms with E-state index in [4.69, 9.17) is 16.3 Å². The van der Waals surface area contributed by atoms with Crippen LogP contribution in [0.1, 0.15) is 13.8 Å². The molecule has 0 radical (unpaired) electrons. The average Bonchev–Trinajstić information content (AvgIpc) is 2.33. The molecule has 0 saturated heterocycles. The standard InChI is InChI=1S/C9H9ClO3.C3H7NO2/c1-2-12-9(11)13-8-5-3-7(10)4-6-8;1-2-6-3(4)5/h3-6H,2H2,1H3;2H2,1H3,(H2,4,5). The second-order valence-corrected chi connectivity index (χ2v) is 3.43. The molecule has 6 nitrogen and oxygen atoms in total. The van der Waals surface area contributed by atoms with Crippen molar-refractivity contribution in [1.29, 1.82) is 0 Å². The van der Waals surface area contributed by atoms with Crippen LogP contribution in [0.3, 0.4) is 0 Å². The number of carbonyl (C=O) groups is 2. The number of halogens is 1. The first-order valence-corrected chi connectivity index (χ1v) is 5.89. The van der Waals surface area contributed by atoms with Crippen molar-refractivity contribution in [3.05, 3.63) is 29.3 Å². The molecular weight excluding hydrogens is 274 g/mol. The summed E-state index contributed by atoms with van der Waals surface area (Å²) in [6, 6.07) is 6.46. The predicted octanol–water partition coefficient (Wildman–Crippen LogP) is 2.98. The lowest BCUT2D eigenvalue weighted by atomic mass is 10.3. The number of hydrogen-bond donors (Lipinski definition) is 1. The third-order valence-electron chi connectivity index (χ3n) is 1.56. The van der Waals surface area contributed by atoms with Crippen molar-refractivity contribution >= 4 is 23.8 Å². The number of benzene rings is 1. The van der Waals surface area contributed by atoms with Crippen molar-refractivity contribution in [1.82, 2.24) is 0 Å². The Morgan fingerprint density at radius 3 is 2.00 bits per heavy atom. The van der Waals surface area contributed by atoms with Gasteiger partial charge >= 0.3 is 12.2 Å². The fourth-order valence-corrected chi connectivity index (χ4v) is 1.01. The van der Waals surface area contributed by atoms with Crippen LogP contribution >= 0.6 is 11.6 Å². The van der Waals surface area contributed by atoms with Gasteiger partial charge in [-0.1, -0.05) is 11.6 Å². The topological polar surface area (TPSA) is 87.8 Å². The van der Waals surface area contributed by atoms with Crippen LogP contribution in [0.2, 0.25) is 5.02 Å². The van der Waals surface area contributed by atoms with Gasteiger partial charge in [-0.05, 0) is 38.1 Å². The fourth-order valence-electron chi connectivity index (χ4n) is 0.888. The Labute approximate surface area is 116 Å². The summed E-state index contributed by atoms with van der Waals surface area (Å²) >= 11 is 5.64. The minimum Gasteiger partial charge on any atom is -0.450 e. The number of ether oxygens (including phenoxy) is 3. The minimum absolute atomic E-state index is 0.298. The summed E-state index contributed by atoms with van der Waals surface area (Å²) in [6.45, 7) is 4.07. The SMILES string of the molecule is CCOC(=O)Oc1ccc(Cl)cc1.CCOC(N)=O. The van der Waals surface area contributed by atoms with E-state index in [1.54, 1.807) is 38.1 Å². The van der Waals surface area contributed by atoms with Crippen LogP contribution in [0, 0.1) is 0 Å². The summed E-state index contributed by atoms with van der Waals surface area (Å²) < 4.78 is 13.6. The van der Waals surface area contributed by atoms with E-state index in [2.05, 4.69) is 15.2 Å². The van der Waals surface area contributed by atoms with Crippen LogP contribution in [0.4, 0.5) is 9.59 Å². The molecule has 1 aromatic carbocycles. The molecule has 0 spiro atoms. The van der Waals surface area contributed by atoms with Gasteiger partial charge in [-0.3, -0.25) is 0 Å². The maximum absolute atomic E-state index is 10.8. The first kappa shape index (κ1) is 17.1. The van der Waals surface area contributed by atoms with Gasteiger partial charge in [-0.25, -0.2) is 9.59 Å². The summed E-state index contributed by atoms with van der Waals surface area (Å²) in [7, 11) is 0. The molecule has 1 amide bonds. The molecule has 0 heterocycles. The molecule has 0 aliphatic heterocycles. The zero-order valence-corrected chi connectivity index (χ0v) is 11.5. The van der Waals surface area contributed by atoms with E-state index >= 15 is 0 Å². The Kier molecular flexibility index (Phi) is 8.99. The van der Waals surface area contributed by atoms with E-state index in [-0.39, 0.29) is 0 Å². The normalized spacial score (nSPS) is 8.79. The van der Waals surface area contributed by atoms with E-state index in [1.165, 1.54) is 0 Å². The lowest BCUT2D eigenvalue weighted by Gasteiger charge is -2.02. The number of hydrogen-bond acceptors (Lipinski definition) is 5. The fraction of sp³-hybridized carbons (Fsp3) is 0.333. The third kappa shape index (κ3) is 9.72. The Morgan fingerprint density at radius 1 is 1.11 bits per heavy atom. The molecule has 0 fully saturated rings. The largest absolute Gasteiger partial charge is 0.513 e. The van der Waals surface area contributed by atoms with Gasteiger partial charge in [0.05, 0.1) is 13.2 Å². The van der Waals surface area contributed by atoms with E-state index < -0.39 is 12.2 Å². The zero-order valence-electron chi connectivity index (χ0n) is 10.7. The van der Waals surface area contributed by atoms with Gasteiger partial charge in [0, 0.05) is 5.02 Å². The Hall–Kier alpha value is -1.95. The highest BCUT2D eigenvalue weighted by atomic mass is 35.5. The van der Waals surface area contributed by atoms with Crippen molar-refractivity contribution in [3.8, 4) is 5.75 Å². The van der Waals surface area contributed by atoms with Gasteiger partial charge in [-0.15, -0.1) is 0 Å². The first-order valence-electron chi connectivity index (χ1n) is 5.52. The molecule has 0 unspecified atom stereocenters. The highest BCUT2D eigenvalue weighted by molar-refractivity contribution is 6.30. The second-order valence-electron chi connectivity index (χ2n) is 2.99. The molecule has 19 heavy (non-hydrogen) atoms. The van der Waals surface area contributed by atoms with Crippen LogP contribution in [0.25, 0.3) is 0 Å². The zero-order chi connectivity index (χ0) is 14.7. The minimum atomic E-state index is -0.711. The van der Waals surface area contributed by atoms with Crippen molar-refractivity contribution < 1.29 is 23.8 Å². The average molecular weight is 290 g/mol.